The van der Waals surface area contributed by atoms with Crippen LogP contribution in [0.4, 0.5) is 13.2 Å². The molecule has 0 amide bonds. The summed E-state index contributed by atoms with van der Waals surface area (Å²) in [4.78, 5) is 14.8. The quantitative estimate of drug-likeness (QED) is 0.531. The minimum atomic E-state index is -4.53. The summed E-state index contributed by atoms with van der Waals surface area (Å²) in [5, 5.41) is 14.6. The molecule has 3 heterocycles. The number of ether oxygens (including phenoxy) is 2. The minimum Gasteiger partial charge on any atom is -0.543 e. The maximum absolute atomic E-state index is 12.5. The molecule has 0 atom stereocenters. The number of aromatic carboxylic acids is 1. The van der Waals surface area contributed by atoms with E-state index in [0.717, 1.165) is 0 Å². The summed E-state index contributed by atoms with van der Waals surface area (Å²) in [5.74, 6) is -1.64. The maximum atomic E-state index is 12.5. The van der Waals surface area contributed by atoms with Crippen LogP contribution in [0.15, 0.2) is 43.2 Å². The van der Waals surface area contributed by atoms with Crippen LogP contribution in [0.3, 0.4) is 0 Å². The summed E-state index contributed by atoms with van der Waals surface area (Å²) in [7, 11) is 0. The van der Waals surface area contributed by atoms with Gasteiger partial charge in [-0.3, -0.25) is 0 Å². The molecular weight excluding hydrogens is 374 g/mol. The maximum Gasteiger partial charge on any atom is 1.00 e. The third-order valence-electron chi connectivity index (χ3n) is 3.32. The van der Waals surface area contributed by atoms with Crippen LogP contribution in [0.1, 0.15) is 16.1 Å². The van der Waals surface area contributed by atoms with Crippen molar-refractivity contribution in [1.29, 1.82) is 0 Å². The van der Waals surface area contributed by atoms with Crippen LogP contribution in [-0.2, 0) is 0 Å². The fraction of sp³-hybridized carbons (Fsp3) is 0.118. The van der Waals surface area contributed by atoms with Crippen LogP contribution in [0, 0.1) is 0 Å². The number of hydrogen-bond acceptors (Lipinski definition) is 6. The second kappa shape index (κ2) is 8.37. The van der Waals surface area contributed by atoms with Gasteiger partial charge in [0.15, 0.2) is 12.4 Å². The Kier molecular flexibility index (Phi) is 6.38. The third kappa shape index (κ3) is 5.06. The van der Waals surface area contributed by atoms with Crippen molar-refractivity contribution in [3.8, 4) is 17.4 Å². The number of carboxylic acids is 1. The van der Waals surface area contributed by atoms with Crippen LogP contribution in [0.2, 0.25) is 0 Å². The van der Waals surface area contributed by atoms with Crippen LogP contribution < -0.4 is 33.4 Å². The molecule has 3 aromatic rings. The van der Waals surface area contributed by atoms with Gasteiger partial charge in [-0.1, -0.05) is 12.7 Å². The van der Waals surface area contributed by atoms with Crippen molar-refractivity contribution in [2.24, 2.45) is 0 Å². The van der Waals surface area contributed by atoms with Crippen LogP contribution in [0.5, 0.6) is 17.4 Å². The first-order valence-corrected chi connectivity index (χ1v) is 7.46. The van der Waals surface area contributed by atoms with E-state index in [-0.39, 0.29) is 41.9 Å². The van der Waals surface area contributed by atoms with Gasteiger partial charge in [0, 0.05) is 18.5 Å². The minimum absolute atomic E-state index is 0. The molecule has 0 saturated carbocycles. The predicted molar refractivity (Wildman–Crippen MR) is 85.5 cm³/mol. The van der Waals surface area contributed by atoms with E-state index in [1.807, 2.05) is 0 Å². The van der Waals surface area contributed by atoms with Crippen LogP contribution >= 0.6 is 0 Å². The van der Waals surface area contributed by atoms with Crippen LogP contribution in [0.25, 0.3) is 11.6 Å². The Morgan fingerprint density at radius 2 is 2.07 bits per heavy atom. The number of nitrogens with zero attached hydrogens (tertiary/aromatic N) is 3. The molecule has 0 spiro atoms. The Balaban J connectivity index is 0.00000280. The standard InChI is InChI=1S/C17H12F3N3O4.Li/c1-2-10-5-14(26-9-17(18,19)20)15(21-8-10)27-12-3-4-23-11(6-12)7-13(22-23)16(24)25;/h2-8H,1,9H2,(H,24,25);/q;+1/p-1. The number of carbonyl (C=O) groups is 1. The molecule has 11 heteroatoms. The summed E-state index contributed by atoms with van der Waals surface area (Å²) in [6, 6.07) is 5.45. The monoisotopic (exact) mass is 385 g/mol. The van der Waals surface area contributed by atoms with Gasteiger partial charge in [-0.05, 0) is 23.8 Å². The number of carbonyl (C=O) groups excluding carboxylic acids is 1. The van der Waals surface area contributed by atoms with Gasteiger partial charge in [-0.2, -0.15) is 18.3 Å². The van der Waals surface area contributed by atoms with Gasteiger partial charge in [0.25, 0.3) is 5.88 Å². The van der Waals surface area contributed by atoms with Crippen molar-refractivity contribution < 1.29 is 51.4 Å². The number of alkyl halides is 3. The zero-order chi connectivity index (χ0) is 19.6. The summed E-state index contributed by atoms with van der Waals surface area (Å²) in [5.41, 5.74) is 0.561. The Hall–Kier alpha value is -2.96. The van der Waals surface area contributed by atoms with E-state index >= 15 is 0 Å². The molecule has 7 nitrogen and oxygen atoms in total. The summed E-state index contributed by atoms with van der Waals surface area (Å²) < 4.78 is 48.9. The molecule has 0 fully saturated rings. The first-order chi connectivity index (χ1) is 12.7. The third-order valence-corrected chi connectivity index (χ3v) is 3.32. The normalized spacial score (nSPS) is 11.0. The van der Waals surface area contributed by atoms with Crippen molar-refractivity contribution in [3.05, 3.63) is 54.5 Å². The fourth-order valence-corrected chi connectivity index (χ4v) is 2.15. The van der Waals surface area contributed by atoms with Crippen molar-refractivity contribution in [2.75, 3.05) is 6.61 Å². The Morgan fingerprint density at radius 1 is 1.32 bits per heavy atom. The Bertz CT molecular complexity index is 1020. The molecule has 0 unspecified atom stereocenters. The summed E-state index contributed by atoms with van der Waals surface area (Å²) in [6.07, 6.45) is -0.351. The predicted octanol–water partition coefficient (Wildman–Crippen LogP) is -0.527. The number of hydrogen-bond donors (Lipinski definition) is 0. The number of carboxylic acid groups (broad SMARTS) is 1. The SMILES string of the molecule is C=Cc1cnc(Oc2ccn3nc(C(=O)[O-])cc3c2)c(OCC(F)(F)F)c1.[Li+]. The largest absolute Gasteiger partial charge is 1.00 e. The van der Waals surface area contributed by atoms with E-state index in [4.69, 9.17) is 9.47 Å². The summed E-state index contributed by atoms with van der Waals surface area (Å²) in [6.45, 7) is 2.01. The molecule has 0 aliphatic rings. The average Bonchev–Trinajstić information content (AvgIpc) is 3.04. The summed E-state index contributed by atoms with van der Waals surface area (Å²) >= 11 is 0. The van der Waals surface area contributed by atoms with Gasteiger partial charge in [-0.15, -0.1) is 0 Å². The van der Waals surface area contributed by atoms with E-state index in [1.54, 1.807) is 0 Å². The molecule has 3 rings (SSSR count). The van der Waals surface area contributed by atoms with E-state index < -0.39 is 18.8 Å². The molecule has 0 bridgehead atoms. The molecule has 0 aliphatic heterocycles. The van der Waals surface area contributed by atoms with Gasteiger partial charge in [0.1, 0.15) is 11.4 Å². The number of fused-ring (bicyclic) bond motifs is 1. The van der Waals surface area contributed by atoms with E-state index in [1.165, 1.54) is 47.3 Å². The number of aromatic nitrogens is 3. The van der Waals surface area contributed by atoms with Gasteiger partial charge in [0.05, 0.1) is 11.5 Å². The second-order valence-corrected chi connectivity index (χ2v) is 5.33. The second-order valence-electron chi connectivity index (χ2n) is 5.33. The van der Waals surface area contributed by atoms with Crippen molar-refractivity contribution in [2.45, 2.75) is 6.18 Å². The fourth-order valence-electron chi connectivity index (χ4n) is 2.15. The molecular formula is C17H11F3LiN3O4. The van der Waals surface area contributed by atoms with Gasteiger partial charge < -0.3 is 19.4 Å². The molecule has 0 saturated heterocycles. The van der Waals surface area contributed by atoms with E-state index in [0.29, 0.717) is 11.1 Å². The average molecular weight is 385 g/mol. The molecule has 140 valence electrons. The zero-order valence-electron chi connectivity index (χ0n) is 14.6. The van der Waals surface area contributed by atoms with Gasteiger partial charge >= 0.3 is 25.0 Å². The molecule has 0 N–H and O–H groups in total. The molecule has 0 aromatic carbocycles. The van der Waals surface area contributed by atoms with Crippen molar-refractivity contribution >= 4 is 17.6 Å². The molecule has 0 aliphatic carbocycles. The van der Waals surface area contributed by atoms with Crippen molar-refractivity contribution in [3.63, 3.8) is 0 Å². The zero-order valence-corrected chi connectivity index (χ0v) is 14.6. The number of rotatable bonds is 6. The van der Waals surface area contributed by atoms with Gasteiger partial charge in [-0.25, -0.2) is 9.50 Å². The smallest absolute Gasteiger partial charge is 0.543 e. The Labute approximate surface area is 168 Å². The topological polar surface area (TPSA) is 88.8 Å². The first kappa shape index (κ1) is 21.3. The molecule has 28 heavy (non-hydrogen) atoms. The van der Waals surface area contributed by atoms with Crippen molar-refractivity contribution in [1.82, 2.24) is 14.6 Å². The number of halogens is 3. The first-order valence-electron chi connectivity index (χ1n) is 7.46. The Morgan fingerprint density at radius 3 is 2.71 bits per heavy atom. The molecule has 0 radical (unpaired) electrons. The van der Waals surface area contributed by atoms with E-state index in [9.17, 15) is 23.1 Å². The number of pyridine rings is 2. The van der Waals surface area contributed by atoms with E-state index in [2.05, 4.69) is 16.7 Å². The molecule has 3 aromatic heterocycles. The van der Waals surface area contributed by atoms with Gasteiger partial charge in [0.2, 0.25) is 0 Å². The van der Waals surface area contributed by atoms with Crippen LogP contribution in [-0.4, -0.2) is 33.4 Å².